The Labute approximate surface area is 232 Å². The molecule has 0 aliphatic carbocycles. The minimum absolute atomic E-state index is 0.164. The van der Waals surface area contributed by atoms with Gasteiger partial charge in [0.05, 0.1) is 11.4 Å². The van der Waals surface area contributed by atoms with Gasteiger partial charge in [-0.15, -0.1) is 0 Å². The molecule has 3 aromatic heterocycles. The topological polar surface area (TPSA) is 111 Å². The first-order chi connectivity index (χ1) is 19.4. The fourth-order valence-electron chi connectivity index (χ4n) is 5.15. The number of urea groups is 1. The molecular weight excluding hydrogens is 504 g/mol. The maximum Gasteiger partial charge on any atom is 0.321 e. The van der Waals surface area contributed by atoms with Crippen LogP contribution in [0.2, 0.25) is 0 Å². The largest absolute Gasteiger partial charge is 0.339 e. The molecule has 0 atom stereocenters. The number of anilines is 2. The maximum absolute atomic E-state index is 12.0. The van der Waals surface area contributed by atoms with Crippen LogP contribution in [0.1, 0.15) is 12.0 Å². The van der Waals surface area contributed by atoms with Gasteiger partial charge in [0.1, 0.15) is 5.49 Å². The zero-order valence-corrected chi connectivity index (χ0v) is 23.3. The summed E-state index contributed by atoms with van der Waals surface area (Å²) in [5.41, 5.74) is 7.66. The molecule has 1 fully saturated rings. The number of nitrogens with one attached hydrogen (secondary N) is 2. The summed E-state index contributed by atoms with van der Waals surface area (Å²) >= 11 is 0. The zero-order valence-electron chi connectivity index (χ0n) is 23.3. The highest BCUT2D eigenvalue weighted by molar-refractivity contribution is 5.89. The van der Waals surface area contributed by atoms with E-state index < -0.39 is 0 Å². The molecule has 1 saturated heterocycles. The fraction of sp³-hybridized carbons (Fsp3) is 0.345. The van der Waals surface area contributed by atoms with E-state index in [9.17, 15) is 4.79 Å². The molecule has 2 aliphatic heterocycles. The quantitative estimate of drug-likeness (QED) is 0.402. The van der Waals surface area contributed by atoms with Crippen LogP contribution >= 0.6 is 0 Å². The van der Waals surface area contributed by atoms with Crippen molar-refractivity contribution >= 4 is 23.2 Å². The molecule has 0 unspecified atom stereocenters. The van der Waals surface area contributed by atoms with E-state index in [0.29, 0.717) is 6.54 Å². The van der Waals surface area contributed by atoms with Crippen LogP contribution in [-0.2, 0) is 7.05 Å². The molecule has 0 saturated carbocycles. The number of aromatic amines is 1. The third-order valence-electron chi connectivity index (χ3n) is 7.46. The van der Waals surface area contributed by atoms with Gasteiger partial charge in [0.25, 0.3) is 0 Å². The first-order valence-corrected chi connectivity index (χ1v) is 13.5. The van der Waals surface area contributed by atoms with Crippen molar-refractivity contribution in [2.45, 2.75) is 6.42 Å². The smallest absolute Gasteiger partial charge is 0.321 e. The molecule has 2 N–H and O–H groups in total. The number of amides is 2. The number of carbonyl (C=O) groups is 1. The van der Waals surface area contributed by atoms with E-state index in [-0.39, 0.29) is 6.03 Å². The van der Waals surface area contributed by atoms with Gasteiger partial charge < -0.3 is 25.0 Å². The van der Waals surface area contributed by atoms with Crippen LogP contribution in [0.15, 0.2) is 53.9 Å². The lowest BCUT2D eigenvalue weighted by molar-refractivity contribution is 0.230. The first-order valence-electron chi connectivity index (χ1n) is 13.5. The Morgan fingerprint density at radius 1 is 1.00 bits per heavy atom. The molecular formula is C29H34N10O. The molecule has 4 aromatic rings. The summed E-state index contributed by atoms with van der Waals surface area (Å²) in [5, 5.41) is 8.76. The zero-order chi connectivity index (χ0) is 27.8. The molecule has 0 bridgehead atoms. The number of piperazine rings is 1. The van der Waals surface area contributed by atoms with Gasteiger partial charge in [-0.1, -0.05) is 12.1 Å². The molecule has 206 valence electrons. The van der Waals surface area contributed by atoms with Gasteiger partial charge in [0.2, 0.25) is 5.95 Å². The first kappa shape index (κ1) is 25.8. The summed E-state index contributed by atoms with van der Waals surface area (Å²) in [5.74, 6) is 0.775. The lowest BCUT2D eigenvalue weighted by Gasteiger charge is -2.32. The van der Waals surface area contributed by atoms with Crippen LogP contribution in [0.4, 0.5) is 16.4 Å². The van der Waals surface area contributed by atoms with Crippen LogP contribution in [-0.4, -0.2) is 94.4 Å². The van der Waals surface area contributed by atoms with Crippen molar-refractivity contribution in [3.05, 3.63) is 65.2 Å². The van der Waals surface area contributed by atoms with Crippen molar-refractivity contribution in [1.29, 1.82) is 0 Å². The monoisotopic (exact) mass is 538 g/mol. The molecule has 2 aliphatic rings. The highest BCUT2D eigenvalue weighted by Gasteiger charge is 2.20. The third kappa shape index (κ3) is 5.07. The summed E-state index contributed by atoms with van der Waals surface area (Å²) < 4.78 is 1.85. The minimum Gasteiger partial charge on any atom is -0.339 e. The fourth-order valence-corrected chi connectivity index (χ4v) is 5.15. The van der Waals surface area contributed by atoms with Crippen molar-refractivity contribution in [2.75, 3.05) is 64.1 Å². The van der Waals surface area contributed by atoms with E-state index in [1.807, 2.05) is 48.4 Å². The number of benzene rings is 1. The van der Waals surface area contributed by atoms with Crippen LogP contribution in [0.3, 0.4) is 0 Å². The molecule has 6 rings (SSSR count). The summed E-state index contributed by atoms with van der Waals surface area (Å²) in [6.07, 6.45) is 6.68. The van der Waals surface area contributed by atoms with Crippen molar-refractivity contribution < 1.29 is 4.79 Å². The molecule has 11 heteroatoms. The van der Waals surface area contributed by atoms with E-state index in [2.05, 4.69) is 49.4 Å². The van der Waals surface area contributed by atoms with Crippen molar-refractivity contribution in [3.8, 4) is 22.5 Å². The minimum atomic E-state index is -0.164. The van der Waals surface area contributed by atoms with Crippen LogP contribution in [0.5, 0.6) is 0 Å². The lowest BCUT2D eigenvalue weighted by atomic mass is 9.97. The molecule has 40 heavy (non-hydrogen) atoms. The average Bonchev–Trinajstić information content (AvgIpc) is 3.57. The highest BCUT2D eigenvalue weighted by atomic mass is 16.2. The Hall–Kier alpha value is -4.51. The number of hydrogen-bond acceptors (Lipinski definition) is 7. The Balaban J connectivity index is 1.32. The SMILES string of the molecule is CN1CCN(c2ncc(-c3cc4c([nH]3)=NCCC=4c3cn(C)nc3-c3ccc(NC(=O)N(C)C)cc3)cn2)CC1. The number of aromatic nitrogens is 5. The second-order valence-corrected chi connectivity index (χ2v) is 10.6. The summed E-state index contributed by atoms with van der Waals surface area (Å²) in [6, 6.07) is 9.78. The molecule has 0 radical (unpaired) electrons. The Morgan fingerprint density at radius 3 is 2.42 bits per heavy atom. The predicted molar refractivity (Wildman–Crippen MR) is 156 cm³/mol. The van der Waals surface area contributed by atoms with Gasteiger partial charge in [-0.2, -0.15) is 5.10 Å². The normalized spacial score (nSPS) is 15.5. The number of likely N-dealkylation sites (N-methyl/N-ethyl adjacent to an activating group) is 1. The van der Waals surface area contributed by atoms with E-state index in [0.717, 1.165) is 83.0 Å². The number of rotatable bonds is 5. The molecule has 5 heterocycles. The van der Waals surface area contributed by atoms with Crippen molar-refractivity contribution in [1.82, 2.24) is 34.5 Å². The van der Waals surface area contributed by atoms with Gasteiger partial charge in [-0.05, 0) is 37.2 Å². The number of hydrogen-bond donors (Lipinski definition) is 2. The Bertz CT molecular complexity index is 1640. The Morgan fingerprint density at radius 2 is 1.73 bits per heavy atom. The number of nitrogens with zero attached hydrogens (tertiary/aromatic N) is 8. The van der Waals surface area contributed by atoms with Crippen LogP contribution in [0, 0.1) is 0 Å². The third-order valence-corrected chi connectivity index (χ3v) is 7.46. The maximum atomic E-state index is 12.0. The number of carbonyl (C=O) groups excluding carboxylic acids is 1. The summed E-state index contributed by atoms with van der Waals surface area (Å²) in [7, 11) is 7.52. The number of aryl methyl sites for hydroxylation is 1. The van der Waals surface area contributed by atoms with E-state index >= 15 is 0 Å². The molecule has 0 spiro atoms. The summed E-state index contributed by atoms with van der Waals surface area (Å²) in [6.45, 7) is 4.60. The van der Waals surface area contributed by atoms with E-state index in [4.69, 9.17) is 10.1 Å². The Kier molecular flexibility index (Phi) is 6.81. The standard InChI is InChI=1S/C29H34N10O/c1-36(2)29(40)33-21-7-5-19(6-8-21)26-24(18-38(4)35-26)22-9-10-30-27-23(22)15-25(34-27)20-16-31-28(32-17-20)39-13-11-37(3)12-14-39/h5-8,15-18H,9-14H2,1-4H3,(H,30,34)(H,33,40). The molecule has 2 amide bonds. The van der Waals surface area contributed by atoms with Gasteiger partial charge >= 0.3 is 6.03 Å². The van der Waals surface area contributed by atoms with Gasteiger partial charge in [0.15, 0.2) is 0 Å². The molecule has 1 aromatic carbocycles. The van der Waals surface area contributed by atoms with Gasteiger partial charge in [-0.25, -0.2) is 14.8 Å². The van der Waals surface area contributed by atoms with Crippen LogP contribution < -0.4 is 20.9 Å². The molecule has 11 nitrogen and oxygen atoms in total. The summed E-state index contributed by atoms with van der Waals surface area (Å²) in [4.78, 5) is 35.7. The highest BCUT2D eigenvalue weighted by Crippen LogP contribution is 2.30. The van der Waals surface area contributed by atoms with E-state index in [1.165, 1.54) is 10.5 Å². The predicted octanol–water partition coefficient (Wildman–Crippen LogP) is 1.94. The van der Waals surface area contributed by atoms with E-state index in [1.54, 1.807) is 14.1 Å². The number of fused-ring (bicyclic) bond motifs is 1. The van der Waals surface area contributed by atoms with Crippen molar-refractivity contribution in [2.24, 2.45) is 12.0 Å². The van der Waals surface area contributed by atoms with Crippen LogP contribution in [0.25, 0.3) is 28.1 Å². The van der Waals surface area contributed by atoms with Gasteiger partial charge in [-0.3, -0.25) is 9.67 Å². The lowest BCUT2D eigenvalue weighted by Crippen LogP contribution is -2.45. The van der Waals surface area contributed by atoms with Crippen molar-refractivity contribution in [3.63, 3.8) is 0 Å². The average molecular weight is 539 g/mol. The number of H-pyrrole nitrogens is 1. The second kappa shape index (κ2) is 10.6. The van der Waals surface area contributed by atoms with Gasteiger partial charge in [0, 0.05) is 100 Å². The second-order valence-electron chi connectivity index (χ2n) is 10.6.